The predicted octanol–water partition coefficient (Wildman–Crippen LogP) is 3.39. The molecular weight excluding hydrogens is 262 g/mol. The van der Waals surface area contributed by atoms with Crippen molar-refractivity contribution < 1.29 is 9.53 Å². The van der Waals surface area contributed by atoms with E-state index < -0.39 is 0 Å². The summed E-state index contributed by atoms with van der Waals surface area (Å²) in [5.41, 5.74) is 0.464. The molecule has 0 radical (unpaired) electrons. The van der Waals surface area contributed by atoms with Gasteiger partial charge >= 0.3 is 0 Å². The fraction of sp³-hybridized carbons (Fsp3) is 0.611. The zero-order valence-corrected chi connectivity index (χ0v) is 13.8. The second-order valence-corrected chi connectivity index (χ2v) is 7.42. The fourth-order valence-corrected chi connectivity index (χ4v) is 3.43. The maximum Gasteiger partial charge on any atom is 0.166 e. The van der Waals surface area contributed by atoms with Gasteiger partial charge in [0, 0.05) is 31.1 Å². The Bertz CT molecular complexity index is 477. The predicted molar refractivity (Wildman–Crippen MR) is 85.6 cm³/mol. The van der Waals surface area contributed by atoms with Crippen molar-refractivity contribution in [2.45, 2.75) is 45.8 Å². The molecule has 3 nitrogen and oxygen atoms in total. The van der Waals surface area contributed by atoms with Gasteiger partial charge in [-0.1, -0.05) is 37.3 Å². The van der Waals surface area contributed by atoms with Crippen LogP contribution in [0.4, 0.5) is 0 Å². The summed E-state index contributed by atoms with van der Waals surface area (Å²) in [5.74, 6) is 0.217. The Hall–Kier alpha value is -1.19. The van der Waals surface area contributed by atoms with Crippen molar-refractivity contribution in [3.63, 3.8) is 0 Å². The third-order valence-electron chi connectivity index (χ3n) is 3.80. The van der Waals surface area contributed by atoms with E-state index in [1.807, 2.05) is 37.3 Å². The molecule has 1 atom stereocenters. The molecule has 116 valence electrons. The van der Waals surface area contributed by atoms with Gasteiger partial charge in [0.05, 0.1) is 11.2 Å². The minimum Gasteiger partial charge on any atom is -0.367 e. The normalized spacial score (nSPS) is 22.7. The van der Waals surface area contributed by atoms with E-state index in [0.717, 1.165) is 25.2 Å². The summed E-state index contributed by atoms with van der Waals surface area (Å²) in [7, 11) is 0. The van der Waals surface area contributed by atoms with E-state index in [4.69, 9.17) is 4.74 Å². The number of morpholine rings is 1. The van der Waals surface area contributed by atoms with Crippen LogP contribution >= 0.6 is 0 Å². The van der Waals surface area contributed by atoms with Crippen molar-refractivity contribution in [2.24, 2.45) is 5.92 Å². The van der Waals surface area contributed by atoms with E-state index in [1.54, 1.807) is 0 Å². The number of hydrogen-bond donors (Lipinski definition) is 0. The Morgan fingerprint density at radius 1 is 1.14 bits per heavy atom. The Labute approximate surface area is 128 Å². The van der Waals surface area contributed by atoms with Crippen LogP contribution in [0.25, 0.3) is 0 Å². The summed E-state index contributed by atoms with van der Waals surface area (Å²) in [6, 6.07) is 9.56. The summed E-state index contributed by atoms with van der Waals surface area (Å²) in [5, 5.41) is 0. The lowest BCUT2D eigenvalue weighted by molar-refractivity contribution is -0.181. The quantitative estimate of drug-likeness (QED) is 0.796. The van der Waals surface area contributed by atoms with Crippen LogP contribution in [-0.2, 0) is 4.74 Å². The number of carbonyl (C=O) groups excluding carboxylic acids is 1. The molecule has 21 heavy (non-hydrogen) atoms. The van der Waals surface area contributed by atoms with Crippen LogP contribution in [0.5, 0.6) is 0 Å². The van der Waals surface area contributed by atoms with Crippen molar-refractivity contribution in [3.8, 4) is 0 Å². The van der Waals surface area contributed by atoms with Crippen molar-refractivity contribution in [1.29, 1.82) is 0 Å². The zero-order valence-electron chi connectivity index (χ0n) is 13.8. The Kier molecular flexibility index (Phi) is 4.54. The maximum absolute atomic E-state index is 12.5. The number of Topliss-reactive ketones (excluding diaryl/α,β-unsaturated/α-hetero) is 1. The van der Waals surface area contributed by atoms with Crippen LogP contribution in [-0.4, -0.2) is 41.5 Å². The van der Waals surface area contributed by atoms with E-state index in [1.165, 1.54) is 0 Å². The topological polar surface area (TPSA) is 29.5 Å². The first kappa shape index (κ1) is 16.2. The summed E-state index contributed by atoms with van der Waals surface area (Å²) in [4.78, 5) is 14.8. The lowest BCUT2D eigenvalue weighted by atomic mass is 9.95. The molecule has 1 aliphatic heterocycles. The number of rotatable bonds is 4. The van der Waals surface area contributed by atoms with Gasteiger partial charge in [0.1, 0.15) is 0 Å². The summed E-state index contributed by atoms with van der Waals surface area (Å²) < 4.78 is 6.09. The van der Waals surface area contributed by atoms with Crippen molar-refractivity contribution in [2.75, 3.05) is 19.6 Å². The minimum atomic E-state index is -0.169. The third kappa shape index (κ3) is 4.39. The van der Waals surface area contributed by atoms with Crippen LogP contribution in [0.15, 0.2) is 30.3 Å². The van der Waals surface area contributed by atoms with Gasteiger partial charge < -0.3 is 4.74 Å². The second kappa shape index (κ2) is 5.90. The highest BCUT2D eigenvalue weighted by molar-refractivity contribution is 5.97. The molecule has 1 aliphatic rings. The zero-order chi connectivity index (χ0) is 15.7. The highest BCUT2D eigenvalue weighted by Crippen LogP contribution is 2.28. The number of carbonyl (C=O) groups is 1. The molecule has 1 saturated heterocycles. The lowest BCUT2D eigenvalue weighted by Crippen LogP contribution is -2.58. The average molecular weight is 289 g/mol. The van der Waals surface area contributed by atoms with Gasteiger partial charge in [-0.2, -0.15) is 0 Å². The molecule has 1 aromatic rings. The Balaban J connectivity index is 2.02. The average Bonchev–Trinajstić information content (AvgIpc) is 2.35. The first-order chi connectivity index (χ1) is 9.69. The first-order valence-electron chi connectivity index (χ1n) is 7.70. The molecule has 2 rings (SSSR count). The van der Waals surface area contributed by atoms with Crippen LogP contribution in [0, 0.1) is 5.92 Å². The SMILES string of the molecule is CC(CN1CC(C)(C)OC(C)(C)C1)C(=O)c1ccccc1. The molecule has 1 aromatic carbocycles. The molecule has 0 saturated carbocycles. The first-order valence-corrected chi connectivity index (χ1v) is 7.70. The minimum absolute atomic E-state index is 0.00269. The van der Waals surface area contributed by atoms with Crippen molar-refractivity contribution in [1.82, 2.24) is 4.90 Å². The number of hydrogen-bond acceptors (Lipinski definition) is 3. The summed E-state index contributed by atoms with van der Waals surface area (Å²) in [6.07, 6.45) is 0. The third-order valence-corrected chi connectivity index (χ3v) is 3.80. The van der Waals surface area contributed by atoms with E-state index in [2.05, 4.69) is 32.6 Å². The molecular formula is C18H27NO2. The number of ketones is 1. The summed E-state index contributed by atoms with van der Waals surface area (Å²) >= 11 is 0. The van der Waals surface area contributed by atoms with Crippen LogP contribution in [0.3, 0.4) is 0 Å². The molecule has 3 heteroatoms. The Morgan fingerprint density at radius 3 is 2.19 bits per heavy atom. The summed E-state index contributed by atoms with van der Waals surface area (Å²) in [6.45, 7) is 13.0. The van der Waals surface area contributed by atoms with Crippen LogP contribution < -0.4 is 0 Å². The van der Waals surface area contributed by atoms with Gasteiger partial charge in [0.15, 0.2) is 5.78 Å². The Morgan fingerprint density at radius 2 is 1.67 bits per heavy atom. The largest absolute Gasteiger partial charge is 0.367 e. The molecule has 1 heterocycles. The molecule has 1 fully saturated rings. The van der Waals surface area contributed by atoms with E-state index in [9.17, 15) is 4.79 Å². The van der Waals surface area contributed by atoms with Gasteiger partial charge in [-0.25, -0.2) is 0 Å². The van der Waals surface area contributed by atoms with Gasteiger partial charge in [0.2, 0.25) is 0 Å². The van der Waals surface area contributed by atoms with Gasteiger partial charge in [0.25, 0.3) is 0 Å². The van der Waals surface area contributed by atoms with Crippen molar-refractivity contribution >= 4 is 5.78 Å². The molecule has 0 N–H and O–H groups in total. The van der Waals surface area contributed by atoms with E-state index in [-0.39, 0.29) is 22.9 Å². The van der Waals surface area contributed by atoms with Gasteiger partial charge in [-0.15, -0.1) is 0 Å². The maximum atomic E-state index is 12.5. The smallest absolute Gasteiger partial charge is 0.166 e. The highest BCUT2D eigenvalue weighted by atomic mass is 16.5. The van der Waals surface area contributed by atoms with Crippen molar-refractivity contribution in [3.05, 3.63) is 35.9 Å². The van der Waals surface area contributed by atoms with E-state index >= 15 is 0 Å². The van der Waals surface area contributed by atoms with Crippen LogP contribution in [0.1, 0.15) is 45.0 Å². The lowest BCUT2D eigenvalue weighted by Gasteiger charge is -2.47. The molecule has 0 aliphatic carbocycles. The molecule has 0 amide bonds. The number of benzene rings is 1. The number of ether oxygens (including phenoxy) is 1. The molecule has 0 aromatic heterocycles. The monoisotopic (exact) mass is 289 g/mol. The van der Waals surface area contributed by atoms with Gasteiger partial charge in [-0.05, 0) is 27.7 Å². The molecule has 0 spiro atoms. The fourth-order valence-electron chi connectivity index (χ4n) is 3.43. The second-order valence-electron chi connectivity index (χ2n) is 7.42. The standard InChI is InChI=1S/C18H27NO2/c1-14(16(20)15-9-7-6-8-10-15)11-19-12-17(2,3)21-18(4,5)13-19/h6-10,14H,11-13H2,1-5H3. The highest BCUT2D eigenvalue weighted by Gasteiger charge is 2.38. The van der Waals surface area contributed by atoms with E-state index in [0.29, 0.717) is 0 Å². The molecule has 1 unspecified atom stereocenters. The molecule has 0 bridgehead atoms. The number of nitrogens with zero attached hydrogens (tertiary/aromatic N) is 1. The van der Waals surface area contributed by atoms with Crippen LogP contribution in [0.2, 0.25) is 0 Å². The van der Waals surface area contributed by atoms with Gasteiger partial charge in [-0.3, -0.25) is 9.69 Å².